The molecule has 0 spiro atoms. The van der Waals surface area contributed by atoms with Crippen molar-refractivity contribution in [2.24, 2.45) is 5.14 Å². The zero-order chi connectivity index (χ0) is 12.4. The molecule has 0 aliphatic carbocycles. The smallest absolute Gasteiger partial charge is 0.248 e. The van der Waals surface area contributed by atoms with Crippen LogP contribution < -0.4 is 9.86 Å². The minimum atomic E-state index is -4.13. The van der Waals surface area contributed by atoms with Crippen molar-refractivity contribution in [1.82, 2.24) is 0 Å². The van der Waals surface area contributed by atoms with E-state index in [2.05, 4.69) is 5.14 Å². The zero-order valence-corrected chi connectivity index (χ0v) is 9.55. The normalized spacial score (nSPS) is 12.4. The summed E-state index contributed by atoms with van der Waals surface area (Å²) in [5.41, 5.74) is 0.0602. The van der Waals surface area contributed by atoms with E-state index in [0.29, 0.717) is 0 Å². The molecule has 1 aromatic carbocycles. The second kappa shape index (κ2) is 4.36. The first-order valence-electron chi connectivity index (χ1n) is 3.94. The Morgan fingerprint density at radius 1 is 1.12 bits per heavy atom. The van der Waals surface area contributed by atoms with Crippen LogP contribution in [0.15, 0.2) is 24.3 Å². The Morgan fingerprint density at radius 2 is 1.62 bits per heavy atom. The number of primary sulfonamides is 1. The first kappa shape index (κ1) is 12.9. The van der Waals surface area contributed by atoms with Crippen LogP contribution in [0.1, 0.15) is 0 Å². The number of nitrogens with two attached hydrogens (primary N) is 1. The van der Waals surface area contributed by atoms with E-state index in [-0.39, 0.29) is 5.69 Å². The summed E-state index contributed by atoms with van der Waals surface area (Å²) in [6, 6.07) is 4.40. The molecule has 0 saturated carbocycles. The number of benzene rings is 1. The van der Waals surface area contributed by atoms with E-state index in [4.69, 9.17) is 0 Å². The monoisotopic (exact) mass is 268 g/mol. The second-order valence-corrected chi connectivity index (χ2v) is 6.71. The molecule has 90 valence electrons. The van der Waals surface area contributed by atoms with Crippen molar-refractivity contribution in [3.8, 4) is 0 Å². The number of hydrogen-bond acceptors (Lipinski definition) is 4. The van der Waals surface area contributed by atoms with E-state index in [1.54, 1.807) is 0 Å². The zero-order valence-electron chi connectivity index (χ0n) is 7.92. The maximum absolute atomic E-state index is 12.5. The topological polar surface area (TPSA) is 106 Å². The van der Waals surface area contributed by atoms with Crippen molar-refractivity contribution in [2.45, 2.75) is 0 Å². The molecular formula is C7H9FN2O4S2. The summed E-state index contributed by atoms with van der Waals surface area (Å²) in [7, 11) is -8.23. The van der Waals surface area contributed by atoms with E-state index in [1.807, 2.05) is 4.72 Å². The number of hydrogen-bond donors (Lipinski definition) is 2. The number of halogens is 1. The fourth-order valence-electron chi connectivity index (χ4n) is 0.943. The molecule has 0 unspecified atom stereocenters. The molecule has 0 radical (unpaired) electrons. The van der Waals surface area contributed by atoms with Crippen LogP contribution in [0.4, 0.5) is 10.1 Å². The minimum Gasteiger partial charge on any atom is -0.283 e. The molecule has 0 heterocycles. The molecule has 0 amide bonds. The maximum atomic E-state index is 12.5. The van der Waals surface area contributed by atoms with Gasteiger partial charge in [-0.2, -0.15) is 0 Å². The van der Waals surface area contributed by atoms with Crippen LogP contribution in [0.3, 0.4) is 0 Å². The third-order valence-electron chi connectivity index (χ3n) is 1.44. The van der Waals surface area contributed by atoms with Crippen molar-refractivity contribution in [2.75, 3.05) is 9.81 Å². The molecule has 0 fully saturated rings. The SMILES string of the molecule is NS(=O)(=O)CS(=O)(=O)Nc1ccc(F)cc1. The average Bonchev–Trinajstić information content (AvgIpc) is 2.04. The van der Waals surface area contributed by atoms with Gasteiger partial charge in [-0.3, -0.25) is 4.72 Å². The molecule has 0 aromatic heterocycles. The van der Waals surface area contributed by atoms with E-state index < -0.39 is 30.9 Å². The minimum absolute atomic E-state index is 0.0602. The van der Waals surface area contributed by atoms with Crippen LogP contribution in [-0.4, -0.2) is 21.9 Å². The van der Waals surface area contributed by atoms with Crippen LogP contribution in [0, 0.1) is 5.82 Å². The fourth-order valence-corrected chi connectivity index (χ4v) is 3.40. The van der Waals surface area contributed by atoms with Gasteiger partial charge in [0.15, 0.2) is 5.08 Å². The maximum Gasteiger partial charge on any atom is 0.248 e. The lowest BCUT2D eigenvalue weighted by molar-refractivity contribution is 0.592. The molecule has 9 heteroatoms. The lowest BCUT2D eigenvalue weighted by Crippen LogP contribution is -2.27. The highest BCUT2D eigenvalue weighted by atomic mass is 32.3. The van der Waals surface area contributed by atoms with Gasteiger partial charge in [0.2, 0.25) is 20.0 Å². The van der Waals surface area contributed by atoms with Crippen LogP contribution in [0.2, 0.25) is 0 Å². The van der Waals surface area contributed by atoms with Crippen molar-refractivity contribution in [3.05, 3.63) is 30.1 Å². The van der Waals surface area contributed by atoms with Gasteiger partial charge in [0, 0.05) is 5.69 Å². The third kappa shape index (κ3) is 4.55. The highest BCUT2D eigenvalue weighted by Gasteiger charge is 2.18. The summed E-state index contributed by atoms with van der Waals surface area (Å²) >= 11 is 0. The highest BCUT2D eigenvalue weighted by molar-refractivity contribution is 8.07. The summed E-state index contributed by atoms with van der Waals surface area (Å²) in [6.45, 7) is 0. The second-order valence-electron chi connectivity index (χ2n) is 3.00. The standard InChI is InChI=1S/C7H9FN2O4S2/c8-6-1-3-7(4-2-6)10-16(13,14)5-15(9,11)12/h1-4,10H,5H2,(H2,9,11,12). The quantitative estimate of drug-likeness (QED) is 0.789. The number of sulfonamides is 2. The number of rotatable bonds is 4. The molecule has 0 saturated heterocycles. The van der Waals surface area contributed by atoms with E-state index in [0.717, 1.165) is 24.3 Å². The highest BCUT2D eigenvalue weighted by Crippen LogP contribution is 2.10. The first-order valence-corrected chi connectivity index (χ1v) is 7.31. The van der Waals surface area contributed by atoms with Gasteiger partial charge in [-0.05, 0) is 24.3 Å². The Morgan fingerprint density at radius 3 is 2.06 bits per heavy atom. The molecule has 0 atom stereocenters. The Balaban J connectivity index is 2.85. The van der Waals surface area contributed by atoms with Gasteiger partial charge in [-0.15, -0.1) is 0 Å². The van der Waals surface area contributed by atoms with Crippen LogP contribution >= 0.6 is 0 Å². The first-order chi connectivity index (χ1) is 7.18. The fraction of sp³-hybridized carbons (Fsp3) is 0.143. The molecule has 1 aromatic rings. The van der Waals surface area contributed by atoms with Crippen LogP contribution in [0.5, 0.6) is 0 Å². The predicted octanol–water partition coefficient (Wildman–Crippen LogP) is -0.187. The summed E-state index contributed by atoms with van der Waals surface area (Å²) in [5.74, 6) is -0.533. The number of anilines is 1. The molecule has 6 nitrogen and oxygen atoms in total. The largest absolute Gasteiger partial charge is 0.283 e. The summed E-state index contributed by atoms with van der Waals surface area (Å²) in [6.07, 6.45) is 0. The Bertz CT molecular complexity index is 565. The van der Waals surface area contributed by atoms with Gasteiger partial charge in [-0.1, -0.05) is 0 Å². The Hall–Kier alpha value is -1.19. The van der Waals surface area contributed by atoms with E-state index >= 15 is 0 Å². The predicted molar refractivity (Wildman–Crippen MR) is 56.9 cm³/mol. The molecule has 3 N–H and O–H groups in total. The van der Waals surface area contributed by atoms with Crippen molar-refractivity contribution < 1.29 is 21.2 Å². The summed E-state index contributed by atoms with van der Waals surface area (Å²) in [4.78, 5) is 0. The molecule has 0 aliphatic heterocycles. The van der Waals surface area contributed by atoms with E-state index in [9.17, 15) is 21.2 Å². The van der Waals surface area contributed by atoms with E-state index in [1.165, 1.54) is 0 Å². The molecule has 0 aliphatic rings. The number of nitrogens with one attached hydrogen (secondary N) is 1. The van der Waals surface area contributed by atoms with Crippen molar-refractivity contribution in [1.29, 1.82) is 0 Å². The summed E-state index contributed by atoms with van der Waals surface area (Å²) < 4.78 is 58.1. The molecular weight excluding hydrogens is 259 g/mol. The van der Waals surface area contributed by atoms with Gasteiger partial charge in [0.1, 0.15) is 5.82 Å². The van der Waals surface area contributed by atoms with Crippen LogP contribution in [-0.2, 0) is 20.0 Å². The average molecular weight is 268 g/mol. The lowest BCUT2D eigenvalue weighted by Gasteiger charge is -2.06. The van der Waals surface area contributed by atoms with Gasteiger partial charge < -0.3 is 0 Å². The molecule has 0 bridgehead atoms. The Labute approximate surface area is 92.4 Å². The van der Waals surface area contributed by atoms with Gasteiger partial charge in [0.05, 0.1) is 0 Å². The van der Waals surface area contributed by atoms with Gasteiger partial charge in [-0.25, -0.2) is 26.4 Å². The van der Waals surface area contributed by atoms with Gasteiger partial charge in [0.25, 0.3) is 0 Å². The van der Waals surface area contributed by atoms with Gasteiger partial charge >= 0.3 is 0 Å². The lowest BCUT2D eigenvalue weighted by atomic mass is 10.3. The van der Waals surface area contributed by atoms with Crippen molar-refractivity contribution in [3.63, 3.8) is 0 Å². The molecule has 1 rings (SSSR count). The van der Waals surface area contributed by atoms with Crippen LogP contribution in [0.25, 0.3) is 0 Å². The molecule has 16 heavy (non-hydrogen) atoms. The summed E-state index contributed by atoms with van der Waals surface area (Å²) in [5, 5.41) is 3.37. The third-order valence-corrected chi connectivity index (χ3v) is 4.54. The van der Waals surface area contributed by atoms with Crippen molar-refractivity contribution >= 4 is 25.7 Å². The Kier molecular flexibility index (Phi) is 3.51.